The lowest BCUT2D eigenvalue weighted by Crippen LogP contribution is -1.99. The van der Waals surface area contributed by atoms with Gasteiger partial charge in [-0.3, -0.25) is 4.79 Å². The number of allylic oxidation sites excluding steroid dienone is 1. The van der Waals surface area contributed by atoms with Crippen molar-refractivity contribution in [2.75, 3.05) is 5.32 Å². The summed E-state index contributed by atoms with van der Waals surface area (Å²) in [5.41, 5.74) is 3.43. The molecule has 0 radical (unpaired) electrons. The molecule has 0 saturated heterocycles. The van der Waals surface area contributed by atoms with Crippen molar-refractivity contribution in [1.82, 2.24) is 15.0 Å². The van der Waals surface area contributed by atoms with Gasteiger partial charge in [-0.1, -0.05) is 12.1 Å². The van der Waals surface area contributed by atoms with Crippen LogP contribution in [0.3, 0.4) is 0 Å². The number of imidazole rings is 1. The van der Waals surface area contributed by atoms with Gasteiger partial charge in [0.2, 0.25) is 5.89 Å². The molecule has 2 aromatic carbocycles. The molecule has 2 heterocycles. The SMILES string of the molecule is O=CC(=CNc1ccc2[nH]c(=O)[nH]c2c1)c1nc2ccccc2o1. The number of fused-ring (bicyclic) bond motifs is 2. The zero-order valence-corrected chi connectivity index (χ0v) is 12.4. The third kappa shape index (κ3) is 2.48. The zero-order chi connectivity index (χ0) is 16.5. The number of nitrogens with zero attached hydrogens (tertiary/aromatic N) is 1. The quantitative estimate of drug-likeness (QED) is 0.396. The number of carbonyl (C=O) groups excluding carboxylic acids is 1. The first-order valence-electron chi connectivity index (χ1n) is 7.23. The van der Waals surface area contributed by atoms with E-state index in [9.17, 15) is 9.59 Å². The first-order chi connectivity index (χ1) is 11.7. The van der Waals surface area contributed by atoms with Gasteiger partial charge in [-0.15, -0.1) is 0 Å². The number of carbonyl (C=O) groups is 1. The van der Waals surface area contributed by atoms with Crippen LogP contribution in [-0.2, 0) is 4.79 Å². The first-order valence-corrected chi connectivity index (χ1v) is 7.23. The molecular formula is C17H12N4O3. The van der Waals surface area contributed by atoms with Crippen LogP contribution in [0.4, 0.5) is 5.69 Å². The maximum atomic E-state index is 11.4. The smallest absolute Gasteiger partial charge is 0.323 e. The number of rotatable bonds is 4. The minimum Gasteiger partial charge on any atom is -0.436 e. The lowest BCUT2D eigenvalue weighted by atomic mass is 10.2. The molecule has 24 heavy (non-hydrogen) atoms. The maximum Gasteiger partial charge on any atom is 0.323 e. The van der Waals surface area contributed by atoms with E-state index in [-0.39, 0.29) is 17.2 Å². The highest BCUT2D eigenvalue weighted by Gasteiger charge is 2.10. The van der Waals surface area contributed by atoms with Crippen molar-refractivity contribution in [2.45, 2.75) is 0 Å². The van der Waals surface area contributed by atoms with Crippen LogP contribution in [0.5, 0.6) is 0 Å². The number of hydrogen-bond donors (Lipinski definition) is 3. The predicted octanol–water partition coefficient (Wildman–Crippen LogP) is 2.65. The van der Waals surface area contributed by atoms with Crippen LogP contribution < -0.4 is 11.0 Å². The highest BCUT2D eigenvalue weighted by Crippen LogP contribution is 2.20. The van der Waals surface area contributed by atoms with Crippen LogP contribution in [0.2, 0.25) is 0 Å². The molecule has 7 nitrogen and oxygen atoms in total. The summed E-state index contributed by atoms with van der Waals surface area (Å²) >= 11 is 0. The number of oxazole rings is 1. The van der Waals surface area contributed by atoms with Crippen LogP contribution in [0.25, 0.3) is 27.7 Å². The monoisotopic (exact) mass is 320 g/mol. The van der Waals surface area contributed by atoms with Gasteiger partial charge in [-0.25, -0.2) is 9.78 Å². The summed E-state index contributed by atoms with van der Waals surface area (Å²) in [6.45, 7) is 0. The van der Waals surface area contributed by atoms with Crippen LogP contribution >= 0.6 is 0 Å². The summed E-state index contributed by atoms with van der Waals surface area (Å²) in [5, 5.41) is 3.01. The van der Waals surface area contributed by atoms with E-state index in [1.54, 1.807) is 24.3 Å². The number of anilines is 1. The Labute approximate surface area is 135 Å². The number of aromatic nitrogens is 3. The summed E-state index contributed by atoms with van der Waals surface area (Å²) < 4.78 is 5.58. The van der Waals surface area contributed by atoms with Crippen molar-refractivity contribution < 1.29 is 9.21 Å². The van der Waals surface area contributed by atoms with Crippen LogP contribution in [0.1, 0.15) is 5.89 Å². The van der Waals surface area contributed by atoms with E-state index in [1.807, 2.05) is 18.2 Å². The molecule has 0 aliphatic carbocycles. The Morgan fingerprint density at radius 2 is 1.96 bits per heavy atom. The summed E-state index contributed by atoms with van der Waals surface area (Å²) in [4.78, 5) is 32.3. The molecule has 0 unspecified atom stereocenters. The number of H-pyrrole nitrogens is 2. The van der Waals surface area contributed by atoms with Crippen molar-refractivity contribution in [2.24, 2.45) is 0 Å². The van der Waals surface area contributed by atoms with Crippen LogP contribution in [0.15, 0.2) is 57.9 Å². The zero-order valence-electron chi connectivity index (χ0n) is 12.4. The van der Waals surface area contributed by atoms with E-state index < -0.39 is 0 Å². The molecule has 2 aromatic heterocycles. The average molecular weight is 320 g/mol. The van der Waals surface area contributed by atoms with Gasteiger partial charge in [-0.05, 0) is 30.3 Å². The van der Waals surface area contributed by atoms with Crippen molar-refractivity contribution in [3.63, 3.8) is 0 Å². The highest BCUT2D eigenvalue weighted by atomic mass is 16.3. The Hall–Kier alpha value is -3.61. The molecule has 118 valence electrons. The van der Waals surface area contributed by atoms with Gasteiger partial charge in [0.1, 0.15) is 5.52 Å². The number of aldehydes is 1. The second kappa shape index (κ2) is 5.54. The minimum absolute atomic E-state index is 0.245. The molecule has 0 amide bonds. The molecular weight excluding hydrogens is 308 g/mol. The van der Waals surface area contributed by atoms with Crippen molar-refractivity contribution in [1.29, 1.82) is 0 Å². The Morgan fingerprint density at radius 1 is 1.12 bits per heavy atom. The topological polar surface area (TPSA) is 104 Å². The van der Waals surface area contributed by atoms with Crippen molar-refractivity contribution in [3.8, 4) is 0 Å². The maximum absolute atomic E-state index is 11.4. The third-order valence-corrected chi connectivity index (χ3v) is 3.58. The Balaban J connectivity index is 1.66. The first kappa shape index (κ1) is 14.0. The third-order valence-electron chi connectivity index (χ3n) is 3.58. The molecule has 0 atom stereocenters. The van der Waals surface area contributed by atoms with E-state index in [2.05, 4.69) is 20.3 Å². The second-order valence-electron chi connectivity index (χ2n) is 5.19. The molecule has 4 aromatic rings. The standard InChI is InChI=1S/C17H12N4O3/c22-9-10(16-19-13-3-1-2-4-15(13)24-16)8-18-11-5-6-12-14(7-11)21-17(23)20-12/h1-9,18H,(H2,20,21,23). The van der Waals surface area contributed by atoms with Gasteiger partial charge in [0.15, 0.2) is 11.9 Å². The van der Waals surface area contributed by atoms with E-state index in [0.717, 1.165) is 0 Å². The summed E-state index contributed by atoms with van der Waals surface area (Å²) in [6, 6.07) is 12.6. The van der Waals surface area contributed by atoms with Crippen molar-refractivity contribution >= 4 is 39.7 Å². The van der Waals surface area contributed by atoms with E-state index >= 15 is 0 Å². The summed E-state index contributed by atoms with van der Waals surface area (Å²) in [7, 11) is 0. The molecule has 0 aliphatic heterocycles. The van der Waals surface area contributed by atoms with Crippen LogP contribution in [0, 0.1) is 0 Å². The molecule has 4 rings (SSSR count). The summed E-state index contributed by atoms with van der Waals surface area (Å²) in [6.07, 6.45) is 2.19. The summed E-state index contributed by atoms with van der Waals surface area (Å²) in [5.74, 6) is 0.245. The van der Waals surface area contributed by atoms with Gasteiger partial charge in [0, 0.05) is 11.9 Å². The predicted molar refractivity (Wildman–Crippen MR) is 90.6 cm³/mol. The second-order valence-corrected chi connectivity index (χ2v) is 5.19. The normalized spacial score (nSPS) is 11.9. The van der Waals surface area contributed by atoms with E-state index in [4.69, 9.17) is 4.42 Å². The number of nitrogens with one attached hydrogen (secondary N) is 3. The fourth-order valence-electron chi connectivity index (χ4n) is 2.43. The Bertz CT molecular complexity index is 1100. The average Bonchev–Trinajstić information content (AvgIpc) is 3.17. The Morgan fingerprint density at radius 3 is 2.79 bits per heavy atom. The molecule has 0 spiro atoms. The van der Waals surface area contributed by atoms with Gasteiger partial charge in [-0.2, -0.15) is 0 Å². The van der Waals surface area contributed by atoms with Gasteiger partial charge in [0.05, 0.1) is 16.6 Å². The molecule has 7 heteroatoms. The van der Waals surface area contributed by atoms with E-state index in [0.29, 0.717) is 34.1 Å². The molecule has 0 bridgehead atoms. The van der Waals surface area contributed by atoms with Gasteiger partial charge < -0.3 is 19.7 Å². The molecule has 0 fully saturated rings. The number of hydrogen-bond acceptors (Lipinski definition) is 5. The van der Waals surface area contributed by atoms with Crippen molar-refractivity contribution in [3.05, 3.63) is 65.0 Å². The minimum atomic E-state index is -0.266. The Kier molecular flexibility index (Phi) is 3.24. The van der Waals surface area contributed by atoms with E-state index in [1.165, 1.54) is 6.20 Å². The number of para-hydroxylation sites is 2. The molecule has 0 saturated carbocycles. The van der Waals surface area contributed by atoms with Crippen LogP contribution in [-0.4, -0.2) is 21.2 Å². The number of benzene rings is 2. The lowest BCUT2D eigenvalue weighted by Gasteiger charge is -2.01. The molecule has 3 N–H and O–H groups in total. The fraction of sp³-hybridized carbons (Fsp3) is 0. The largest absolute Gasteiger partial charge is 0.436 e. The lowest BCUT2D eigenvalue weighted by molar-refractivity contribution is -0.103. The van der Waals surface area contributed by atoms with Gasteiger partial charge in [0.25, 0.3) is 0 Å². The fourth-order valence-corrected chi connectivity index (χ4v) is 2.43. The highest BCUT2D eigenvalue weighted by molar-refractivity contribution is 6.06. The molecule has 0 aliphatic rings. The number of aromatic amines is 2. The van der Waals surface area contributed by atoms with Gasteiger partial charge >= 0.3 is 5.69 Å².